The summed E-state index contributed by atoms with van der Waals surface area (Å²) in [5, 5.41) is 13.0. The monoisotopic (exact) mass is 380 g/mol. The van der Waals surface area contributed by atoms with E-state index in [1.54, 1.807) is 6.20 Å². The van der Waals surface area contributed by atoms with E-state index >= 15 is 0 Å². The number of aromatic nitrogens is 5. The standard InChI is InChI=1S/C21H28N6O/c1-6-26-18(9-10-22-26)13(4)23-21(28)16-11-17(15-7-8-15)24-20-19(16)14(5)25-27(20)12(2)3/h9-13,15H,6-8H2,1-5H3,(H,23,28)/t13-/m1/s1. The van der Waals surface area contributed by atoms with Crippen LogP contribution in [0.3, 0.4) is 0 Å². The molecule has 1 aliphatic rings. The number of nitrogens with zero attached hydrogens (tertiary/aromatic N) is 5. The van der Waals surface area contributed by atoms with Crippen molar-refractivity contribution in [2.75, 3.05) is 0 Å². The second-order valence-corrected chi connectivity index (χ2v) is 7.96. The SMILES string of the molecule is CCn1nccc1[C@@H](C)NC(=O)c1cc(C2CC2)nc2c1c(C)nn2C(C)C. The molecule has 0 spiro atoms. The maximum atomic E-state index is 13.3. The van der Waals surface area contributed by atoms with Crippen molar-refractivity contribution < 1.29 is 4.79 Å². The summed E-state index contributed by atoms with van der Waals surface area (Å²) in [6.07, 6.45) is 4.05. The van der Waals surface area contributed by atoms with Crippen LogP contribution in [0, 0.1) is 6.92 Å². The van der Waals surface area contributed by atoms with Crippen molar-refractivity contribution in [2.24, 2.45) is 0 Å². The highest BCUT2D eigenvalue weighted by Gasteiger charge is 2.29. The lowest BCUT2D eigenvalue weighted by Crippen LogP contribution is -2.28. The Hall–Kier alpha value is -2.70. The summed E-state index contributed by atoms with van der Waals surface area (Å²) in [4.78, 5) is 18.2. The second kappa shape index (κ2) is 7.04. The molecule has 0 bridgehead atoms. The molecule has 3 aromatic rings. The normalized spacial score (nSPS) is 15.4. The van der Waals surface area contributed by atoms with Gasteiger partial charge in [-0.2, -0.15) is 10.2 Å². The summed E-state index contributed by atoms with van der Waals surface area (Å²) < 4.78 is 3.84. The first-order valence-electron chi connectivity index (χ1n) is 10.1. The first kappa shape index (κ1) is 18.7. The van der Waals surface area contributed by atoms with E-state index < -0.39 is 0 Å². The van der Waals surface area contributed by atoms with E-state index in [0.29, 0.717) is 11.5 Å². The second-order valence-electron chi connectivity index (χ2n) is 7.96. The van der Waals surface area contributed by atoms with E-state index in [9.17, 15) is 4.79 Å². The van der Waals surface area contributed by atoms with Crippen LogP contribution in [0.15, 0.2) is 18.3 Å². The van der Waals surface area contributed by atoms with Crippen molar-refractivity contribution in [1.29, 1.82) is 0 Å². The van der Waals surface area contributed by atoms with Gasteiger partial charge in [0.05, 0.1) is 28.4 Å². The summed E-state index contributed by atoms with van der Waals surface area (Å²) in [6, 6.07) is 3.97. The predicted molar refractivity (Wildman–Crippen MR) is 108 cm³/mol. The number of rotatable bonds is 6. The third kappa shape index (κ3) is 3.19. The van der Waals surface area contributed by atoms with E-state index in [1.807, 2.05) is 42.3 Å². The van der Waals surface area contributed by atoms with Crippen molar-refractivity contribution in [3.05, 3.63) is 41.0 Å². The number of carbonyl (C=O) groups excluding carboxylic acids is 1. The zero-order chi connectivity index (χ0) is 20.0. The summed E-state index contributed by atoms with van der Waals surface area (Å²) in [5.74, 6) is 0.378. The Labute approximate surface area is 165 Å². The Morgan fingerprint density at radius 1 is 1.32 bits per heavy atom. The third-order valence-corrected chi connectivity index (χ3v) is 5.43. The fraction of sp³-hybridized carbons (Fsp3) is 0.524. The van der Waals surface area contributed by atoms with Gasteiger partial charge in [-0.25, -0.2) is 9.67 Å². The van der Waals surface area contributed by atoms with Crippen LogP contribution in [-0.2, 0) is 6.54 Å². The largest absolute Gasteiger partial charge is 0.344 e. The maximum absolute atomic E-state index is 13.3. The molecule has 148 valence electrons. The lowest BCUT2D eigenvalue weighted by atomic mass is 10.1. The van der Waals surface area contributed by atoms with Crippen LogP contribution < -0.4 is 5.32 Å². The quantitative estimate of drug-likeness (QED) is 0.703. The van der Waals surface area contributed by atoms with Gasteiger partial charge >= 0.3 is 0 Å². The molecule has 1 atom stereocenters. The molecule has 7 heteroatoms. The molecule has 0 aromatic carbocycles. The molecule has 1 amide bonds. The number of nitrogens with one attached hydrogen (secondary N) is 1. The average Bonchev–Trinajstić information content (AvgIpc) is 3.31. The minimum absolute atomic E-state index is 0.0861. The Bertz CT molecular complexity index is 1030. The van der Waals surface area contributed by atoms with Gasteiger partial charge in [-0.3, -0.25) is 9.48 Å². The van der Waals surface area contributed by atoms with E-state index in [2.05, 4.69) is 29.4 Å². The number of aryl methyl sites for hydroxylation is 2. The molecule has 1 fully saturated rings. The van der Waals surface area contributed by atoms with Crippen LogP contribution in [0.25, 0.3) is 11.0 Å². The third-order valence-electron chi connectivity index (χ3n) is 5.43. The van der Waals surface area contributed by atoms with Crippen molar-refractivity contribution in [1.82, 2.24) is 29.9 Å². The van der Waals surface area contributed by atoms with Gasteiger partial charge in [0.1, 0.15) is 0 Å². The smallest absolute Gasteiger partial charge is 0.252 e. The zero-order valence-electron chi connectivity index (χ0n) is 17.2. The molecule has 1 N–H and O–H groups in total. The van der Waals surface area contributed by atoms with Crippen molar-refractivity contribution in [3.63, 3.8) is 0 Å². The lowest BCUT2D eigenvalue weighted by molar-refractivity contribution is 0.0939. The Kier molecular flexibility index (Phi) is 4.69. The number of hydrogen-bond acceptors (Lipinski definition) is 4. The van der Waals surface area contributed by atoms with Gasteiger partial charge in [0, 0.05) is 30.4 Å². The molecule has 0 radical (unpaired) electrons. The lowest BCUT2D eigenvalue weighted by Gasteiger charge is -2.16. The summed E-state index contributed by atoms with van der Waals surface area (Å²) in [7, 11) is 0. The highest BCUT2D eigenvalue weighted by molar-refractivity contribution is 6.06. The van der Waals surface area contributed by atoms with Gasteiger partial charge in [-0.1, -0.05) is 0 Å². The topological polar surface area (TPSA) is 77.6 Å². The van der Waals surface area contributed by atoms with Crippen LogP contribution in [0.2, 0.25) is 0 Å². The van der Waals surface area contributed by atoms with E-state index in [0.717, 1.165) is 47.5 Å². The zero-order valence-corrected chi connectivity index (χ0v) is 17.2. The maximum Gasteiger partial charge on any atom is 0.252 e. The summed E-state index contributed by atoms with van der Waals surface area (Å²) in [5.41, 5.74) is 4.33. The molecule has 4 rings (SSSR count). The molecule has 1 aliphatic carbocycles. The Morgan fingerprint density at radius 3 is 2.71 bits per heavy atom. The fourth-order valence-electron chi connectivity index (χ4n) is 3.78. The van der Waals surface area contributed by atoms with Crippen molar-refractivity contribution >= 4 is 16.9 Å². The molecule has 0 aliphatic heterocycles. The Morgan fingerprint density at radius 2 is 2.07 bits per heavy atom. The van der Waals surface area contributed by atoms with Crippen molar-refractivity contribution in [3.8, 4) is 0 Å². The van der Waals surface area contributed by atoms with Crippen LogP contribution in [0.1, 0.15) is 86.0 Å². The van der Waals surface area contributed by atoms with E-state index in [-0.39, 0.29) is 18.0 Å². The molecule has 7 nitrogen and oxygen atoms in total. The minimum Gasteiger partial charge on any atom is -0.344 e. The summed E-state index contributed by atoms with van der Waals surface area (Å²) >= 11 is 0. The molecule has 28 heavy (non-hydrogen) atoms. The molecular weight excluding hydrogens is 352 g/mol. The number of pyridine rings is 1. The van der Waals surface area contributed by atoms with Gasteiger partial charge in [0.15, 0.2) is 5.65 Å². The number of amides is 1. The van der Waals surface area contributed by atoms with Gasteiger partial charge < -0.3 is 5.32 Å². The number of fused-ring (bicyclic) bond motifs is 1. The Balaban J connectivity index is 1.75. The highest BCUT2D eigenvalue weighted by atomic mass is 16.1. The van der Waals surface area contributed by atoms with Gasteiger partial charge in [-0.15, -0.1) is 0 Å². The molecular formula is C21H28N6O. The minimum atomic E-state index is -0.136. The first-order valence-corrected chi connectivity index (χ1v) is 10.1. The van der Waals surface area contributed by atoms with E-state index in [4.69, 9.17) is 4.98 Å². The average molecular weight is 380 g/mol. The van der Waals surface area contributed by atoms with E-state index in [1.165, 1.54) is 0 Å². The summed E-state index contributed by atoms with van der Waals surface area (Å²) in [6.45, 7) is 10.9. The van der Waals surface area contributed by atoms with Gasteiger partial charge in [0.25, 0.3) is 5.91 Å². The van der Waals surface area contributed by atoms with Crippen LogP contribution >= 0.6 is 0 Å². The van der Waals surface area contributed by atoms with Crippen molar-refractivity contribution in [2.45, 2.75) is 72.0 Å². The number of carbonyl (C=O) groups is 1. The van der Waals surface area contributed by atoms with Crippen LogP contribution in [0.5, 0.6) is 0 Å². The first-order chi connectivity index (χ1) is 13.4. The molecule has 1 saturated carbocycles. The van der Waals surface area contributed by atoms with Crippen LogP contribution in [-0.4, -0.2) is 30.5 Å². The van der Waals surface area contributed by atoms with Gasteiger partial charge in [0.2, 0.25) is 0 Å². The molecule has 3 aromatic heterocycles. The highest BCUT2D eigenvalue weighted by Crippen LogP contribution is 2.40. The number of hydrogen-bond donors (Lipinski definition) is 1. The molecule has 0 saturated heterocycles. The molecule has 3 heterocycles. The van der Waals surface area contributed by atoms with Crippen LogP contribution in [0.4, 0.5) is 0 Å². The fourth-order valence-corrected chi connectivity index (χ4v) is 3.78. The molecule has 0 unspecified atom stereocenters. The van der Waals surface area contributed by atoms with Gasteiger partial charge in [-0.05, 0) is 59.6 Å². The predicted octanol–water partition coefficient (Wildman–Crippen LogP) is 3.91.